The van der Waals surface area contributed by atoms with Gasteiger partial charge < -0.3 is 19.9 Å². The minimum absolute atomic E-state index is 0.342. The van der Waals surface area contributed by atoms with E-state index in [0.29, 0.717) is 23.3 Å². The maximum atomic E-state index is 5.83. The molecule has 0 bridgehead atoms. The summed E-state index contributed by atoms with van der Waals surface area (Å²) in [7, 11) is 1.61. The first-order valence-corrected chi connectivity index (χ1v) is 6.79. The van der Waals surface area contributed by atoms with Crippen molar-refractivity contribution in [2.45, 2.75) is 12.8 Å². The summed E-state index contributed by atoms with van der Waals surface area (Å²) < 4.78 is 16.4. The molecule has 2 rings (SSSR count). The van der Waals surface area contributed by atoms with Crippen LogP contribution < -0.4 is 15.2 Å². The summed E-state index contributed by atoms with van der Waals surface area (Å²) in [5.41, 5.74) is 6.41. The first kappa shape index (κ1) is 14.1. The molecule has 0 aromatic heterocycles. The third kappa shape index (κ3) is 4.08. The van der Waals surface area contributed by atoms with Gasteiger partial charge in [0, 0.05) is 24.8 Å². The Balaban J connectivity index is 2.02. The molecule has 0 spiro atoms. The maximum Gasteiger partial charge on any atom is 0.123 e. The molecule has 1 aromatic carbocycles. The zero-order chi connectivity index (χ0) is 13.7. The highest BCUT2D eigenvalue weighted by molar-refractivity contribution is 7.80. The third-order valence-electron chi connectivity index (χ3n) is 3.23. The van der Waals surface area contributed by atoms with Crippen LogP contribution in [0.25, 0.3) is 0 Å². The predicted octanol–water partition coefficient (Wildman–Crippen LogP) is 2.13. The molecule has 1 aliphatic heterocycles. The Hall–Kier alpha value is -1.33. The molecule has 1 heterocycles. The van der Waals surface area contributed by atoms with Crippen LogP contribution in [-0.4, -0.2) is 31.9 Å². The number of hydrogen-bond acceptors (Lipinski definition) is 4. The van der Waals surface area contributed by atoms with E-state index in [0.717, 1.165) is 37.4 Å². The Morgan fingerprint density at radius 3 is 2.63 bits per heavy atom. The molecule has 1 aliphatic rings. The second kappa shape index (κ2) is 6.73. The Bertz CT molecular complexity index is 444. The summed E-state index contributed by atoms with van der Waals surface area (Å²) >= 11 is 4.99. The van der Waals surface area contributed by atoms with Gasteiger partial charge in [-0.15, -0.1) is 0 Å². The molecule has 19 heavy (non-hydrogen) atoms. The fourth-order valence-corrected chi connectivity index (χ4v) is 2.16. The van der Waals surface area contributed by atoms with Crippen LogP contribution in [0.3, 0.4) is 0 Å². The van der Waals surface area contributed by atoms with E-state index in [-0.39, 0.29) is 0 Å². The summed E-state index contributed by atoms with van der Waals surface area (Å²) in [5, 5.41) is 0. The molecule has 2 N–H and O–H groups in total. The molecule has 0 unspecified atom stereocenters. The minimum Gasteiger partial charge on any atom is -0.497 e. The lowest BCUT2D eigenvalue weighted by Gasteiger charge is -2.22. The summed E-state index contributed by atoms with van der Waals surface area (Å²) in [4.78, 5) is 0.342. The number of hydrogen-bond donors (Lipinski definition) is 1. The van der Waals surface area contributed by atoms with Crippen molar-refractivity contribution in [3.63, 3.8) is 0 Å². The van der Waals surface area contributed by atoms with Gasteiger partial charge in [-0.2, -0.15) is 0 Å². The van der Waals surface area contributed by atoms with E-state index in [1.165, 1.54) is 0 Å². The van der Waals surface area contributed by atoms with Gasteiger partial charge in [-0.05, 0) is 30.9 Å². The van der Waals surface area contributed by atoms with Crippen LogP contribution in [0.5, 0.6) is 11.5 Å². The van der Waals surface area contributed by atoms with Crippen LogP contribution in [0.15, 0.2) is 18.2 Å². The molecule has 0 saturated carbocycles. The molecule has 4 nitrogen and oxygen atoms in total. The van der Waals surface area contributed by atoms with E-state index in [1.807, 2.05) is 18.2 Å². The average Bonchev–Trinajstić information content (AvgIpc) is 2.45. The van der Waals surface area contributed by atoms with Gasteiger partial charge in [0.2, 0.25) is 0 Å². The fourth-order valence-electron chi connectivity index (χ4n) is 2.04. The molecule has 5 heteroatoms. The van der Waals surface area contributed by atoms with Crippen LogP contribution >= 0.6 is 12.2 Å². The fraction of sp³-hybridized carbons (Fsp3) is 0.500. The van der Waals surface area contributed by atoms with Crippen molar-refractivity contribution >= 4 is 17.2 Å². The number of nitrogens with two attached hydrogens (primary N) is 1. The molecular formula is C14H19NO3S. The van der Waals surface area contributed by atoms with E-state index < -0.39 is 0 Å². The topological polar surface area (TPSA) is 53.7 Å². The third-order valence-corrected chi connectivity index (χ3v) is 3.46. The lowest BCUT2D eigenvalue weighted by molar-refractivity contribution is 0.0497. The molecule has 0 atom stereocenters. The van der Waals surface area contributed by atoms with Crippen molar-refractivity contribution in [2.75, 3.05) is 26.9 Å². The number of rotatable bonds is 5. The van der Waals surface area contributed by atoms with Crippen molar-refractivity contribution < 1.29 is 14.2 Å². The molecule has 0 amide bonds. The van der Waals surface area contributed by atoms with Gasteiger partial charge in [-0.25, -0.2) is 0 Å². The normalized spacial score (nSPS) is 16.1. The second-order valence-electron chi connectivity index (χ2n) is 4.63. The van der Waals surface area contributed by atoms with E-state index in [1.54, 1.807) is 7.11 Å². The van der Waals surface area contributed by atoms with E-state index in [4.69, 9.17) is 32.2 Å². The highest BCUT2D eigenvalue weighted by atomic mass is 32.1. The molecule has 1 fully saturated rings. The summed E-state index contributed by atoms with van der Waals surface area (Å²) in [6, 6.07) is 5.51. The lowest BCUT2D eigenvalue weighted by Crippen LogP contribution is -2.21. The van der Waals surface area contributed by atoms with Crippen LogP contribution in [-0.2, 0) is 4.74 Å². The first-order valence-electron chi connectivity index (χ1n) is 6.38. The average molecular weight is 281 g/mol. The summed E-state index contributed by atoms with van der Waals surface area (Å²) in [6.07, 6.45) is 2.10. The summed E-state index contributed by atoms with van der Waals surface area (Å²) in [5.74, 6) is 1.99. The Morgan fingerprint density at radius 2 is 2.00 bits per heavy atom. The Kier molecular flexibility index (Phi) is 4.99. The van der Waals surface area contributed by atoms with Gasteiger partial charge in [0.15, 0.2) is 0 Å². The van der Waals surface area contributed by atoms with Gasteiger partial charge in [0.05, 0.1) is 13.7 Å². The minimum atomic E-state index is 0.342. The SMILES string of the molecule is COc1cc(OCC2CCOCC2)cc(C(N)=S)c1. The van der Waals surface area contributed by atoms with Crippen molar-refractivity contribution in [2.24, 2.45) is 11.7 Å². The lowest BCUT2D eigenvalue weighted by atomic mass is 10.0. The Labute approximate surface area is 118 Å². The van der Waals surface area contributed by atoms with Crippen LogP contribution in [0.4, 0.5) is 0 Å². The zero-order valence-corrected chi connectivity index (χ0v) is 11.9. The quantitative estimate of drug-likeness (QED) is 0.838. The van der Waals surface area contributed by atoms with E-state index in [9.17, 15) is 0 Å². The number of benzene rings is 1. The number of methoxy groups -OCH3 is 1. The summed E-state index contributed by atoms with van der Waals surface area (Å²) in [6.45, 7) is 2.34. The second-order valence-corrected chi connectivity index (χ2v) is 5.07. The van der Waals surface area contributed by atoms with Crippen LogP contribution in [0.2, 0.25) is 0 Å². The number of thiocarbonyl (C=S) groups is 1. The van der Waals surface area contributed by atoms with E-state index in [2.05, 4.69) is 0 Å². The van der Waals surface area contributed by atoms with Crippen molar-refractivity contribution in [3.8, 4) is 11.5 Å². The Morgan fingerprint density at radius 1 is 1.32 bits per heavy atom. The number of ether oxygens (including phenoxy) is 3. The van der Waals surface area contributed by atoms with Crippen molar-refractivity contribution in [1.29, 1.82) is 0 Å². The standard InChI is InChI=1S/C14H19NO3S/c1-16-12-6-11(14(15)19)7-13(8-12)18-9-10-2-4-17-5-3-10/h6-8,10H,2-5,9H2,1H3,(H2,15,19). The molecular weight excluding hydrogens is 262 g/mol. The first-order chi connectivity index (χ1) is 9.19. The predicted molar refractivity (Wildman–Crippen MR) is 77.9 cm³/mol. The molecule has 104 valence electrons. The van der Waals surface area contributed by atoms with Gasteiger partial charge in [0.1, 0.15) is 16.5 Å². The zero-order valence-electron chi connectivity index (χ0n) is 11.1. The highest BCUT2D eigenvalue weighted by Gasteiger charge is 2.15. The van der Waals surface area contributed by atoms with Crippen molar-refractivity contribution in [3.05, 3.63) is 23.8 Å². The van der Waals surface area contributed by atoms with E-state index >= 15 is 0 Å². The van der Waals surface area contributed by atoms with Crippen LogP contribution in [0.1, 0.15) is 18.4 Å². The molecule has 1 aromatic rings. The molecule has 0 aliphatic carbocycles. The largest absolute Gasteiger partial charge is 0.497 e. The van der Waals surface area contributed by atoms with Gasteiger partial charge in [-0.1, -0.05) is 12.2 Å². The maximum absolute atomic E-state index is 5.83. The van der Waals surface area contributed by atoms with Crippen LogP contribution in [0, 0.1) is 5.92 Å². The van der Waals surface area contributed by atoms with Gasteiger partial charge in [0.25, 0.3) is 0 Å². The van der Waals surface area contributed by atoms with Gasteiger partial charge >= 0.3 is 0 Å². The monoisotopic (exact) mass is 281 g/mol. The van der Waals surface area contributed by atoms with Crippen molar-refractivity contribution in [1.82, 2.24) is 0 Å². The molecule has 1 saturated heterocycles. The van der Waals surface area contributed by atoms with Gasteiger partial charge in [-0.3, -0.25) is 0 Å². The smallest absolute Gasteiger partial charge is 0.123 e. The highest BCUT2D eigenvalue weighted by Crippen LogP contribution is 2.24. The molecule has 0 radical (unpaired) electrons.